The number of rotatable bonds is 5. The summed E-state index contributed by atoms with van der Waals surface area (Å²) in [5.41, 5.74) is 3.43. The van der Waals surface area contributed by atoms with Crippen LogP contribution in [0.3, 0.4) is 0 Å². The van der Waals surface area contributed by atoms with Gasteiger partial charge in [0.25, 0.3) is 5.91 Å². The number of thiocarbonyl (C=S) groups is 1. The van der Waals surface area contributed by atoms with Gasteiger partial charge in [-0.05, 0) is 42.5 Å². The third-order valence-corrected chi connectivity index (χ3v) is 4.08. The van der Waals surface area contributed by atoms with E-state index in [1.165, 1.54) is 6.21 Å². The molecule has 0 aliphatic carbocycles. The number of carbonyl (C=O) groups is 1. The summed E-state index contributed by atoms with van der Waals surface area (Å²) in [6.45, 7) is 0. The highest BCUT2D eigenvalue weighted by atomic mass is 32.1. The van der Waals surface area contributed by atoms with Gasteiger partial charge in [-0.2, -0.15) is 0 Å². The van der Waals surface area contributed by atoms with Gasteiger partial charge in [0.15, 0.2) is 5.11 Å². The Morgan fingerprint density at radius 2 is 1.93 bits per heavy atom. The van der Waals surface area contributed by atoms with E-state index in [0.29, 0.717) is 16.9 Å². The topological polar surface area (TPSA) is 107 Å². The Bertz CT molecular complexity index is 1060. The Morgan fingerprint density at radius 3 is 2.64 bits per heavy atom. The summed E-state index contributed by atoms with van der Waals surface area (Å²) >= 11 is 5.21. The first-order chi connectivity index (χ1) is 13.6. The average molecular weight is 391 g/mol. The Kier molecular flexibility index (Phi) is 6.15. The molecular weight excluding hydrogens is 372 g/mol. The highest BCUT2D eigenvalue weighted by Gasteiger charge is 2.09. The lowest BCUT2D eigenvalue weighted by Gasteiger charge is -2.10. The van der Waals surface area contributed by atoms with Crippen LogP contribution in [-0.4, -0.2) is 34.2 Å². The Balaban J connectivity index is 1.77. The maximum absolute atomic E-state index is 12.2. The maximum atomic E-state index is 12.2. The Labute approximate surface area is 167 Å². The van der Waals surface area contributed by atoms with Crippen LogP contribution in [0.4, 0.5) is 5.82 Å². The third kappa shape index (κ3) is 4.61. The minimum absolute atomic E-state index is 0.158. The number of quaternary nitrogens is 1. The van der Waals surface area contributed by atoms with Gasteiger partial charge in [-0.15, -0.1) is 0 Å². The number of hydrogen-bond donors (Lipinski definition) is 4. The predicted molar refractivity (Wildman–Crippen MR) is 114 cm³/mol. The van der Waals surface area contributed by atoms with Crippen LogP contribution in [-0.2, 0) is 0 Å². The molecule has 2 aromatic heterocycles. The molecule has 0 atom stereocenters. The van der Waals surface area contributed by atoms with Crippen molar-refractivity contribution in [1.82, 2.24) is 15.3 Å². The summed E-state index contributed by atoms with van der Waals surface area (Å²) in [4.78, 5) is 21.1. The minimum atomic E-state index is -0.292. The van der Waals surface area contributed by atoms with Gasteiger partial charge in [-0.1, -0.05) is 18.2 Å². The molecule has 0 unspecified atom stereocenters. The summed E-state index contributed by atoms with van der Waals surface area (Å²) in [6, 6.07) is 14.2. The fraction of sp³-hybridized carbons (Fsp3) is 0.0500. The maximum Gasteiger partial charge on any atom is 0.257 e. The Morgan fingerprint density at radius 1 is 1.14 bits per heavy atom. The molecule has 5 N–H and O–H groups in total. The van der Waals surface area contributed by atoms with Crippen LogP contribution in [0, 0.1) is 5.41 Å². The summed E-state index contributed by atoms with van der Waals surface area (Å²) < 4.78 is 0. The van der Waals surface area contributed by atoms with Gasteiger partial charge in [0.1, 0.15) is 12.0 Å². The number of aromatic nitrogens is 2. The number of nitrogens with two attached hydrogens (primary N) is 1. The lowest BCUT2D eigenvalue weighted by atomic mass is 10.1. The number of hydrogen-bond acceptors (Lipinski definition) is 5. The van der Waals surface area contributed by atoms with Gasteiger partial charge < -0.3 is 16.0 Å². The van der Waals surface area contributed by atoms with Crippen LogP contribution >= 0.6 is 12.2 Å². The standard InChI is InChI=1S/C20H18N6OS/c1-22-11-15(10-21)14-9-17-16(23-12-14)7-8-18(24-17)25-20(28)26-19(27)13-5-3-2-4-6-13/h2-12,21-22H,1H3,(H2,24,25,26,27,28)/p+1/b15-11+,21-10?. The van der Waals surface area contributed by atoms with E-state index >= 15 is 0 Å². The summed E-state index contributed by atoms with van der Waals surface area (Å²) in [5.74, 6) is 0.201. The SMILES string of the molecule is C[NH2+]/C=C(\C=N)c1cnc2ccc(NC(=S)NC(=O)c3ccccc3)nc2c1. The molecule has 0 bridgehead atoms. The van der Waals surface area contributed by atoms with Crippen LogP contribution in [0.25, 0.3) is 16.6 Å². The molecule has 0 saturated carbocycles. The van der Waals surface area contributed by atoms with Crippen molar-refractivity contribution in [2.45, 2.75) is 0 Å². The lowest BCUT2D eigenvalue weighted by molar-refractivity contribution is -0.555. The Hall–Kier alpha value is -3.49. The predicted octanol–water partition coefficient (Wildman–Crippen LogP) is 1.94. The number of amides is 1. The van der Waals surface area contributed by atoms with Gasteiger partial charge in [0.05, 0.1) is 23.7 Å². The van der Waals surface area contributed by atoms with E-state index in [1.807, 2.05) is 36.8 Å². The molecule has 3 rings (SSSR count). The number of fused-ring (bicyclic) bond motifs is 1. The van der Waals surface area contributed by atoms with Gasteiger partial charge in [-0.25, -0.2) is 4.98 Å². The van der Waals surface area contributed by atoms with E-state index in [9.17, 15) is 4.79 Å². The van der Waals surface area contributed by atoms with Gasteiger partial charge in [0.2, 0.25) is 0 Å². The van der Waals surface area contributed by atoms with Crippen molar-refractivity contribution < 1.29 is 10.1 Å². The molecule has 1 amide bonds. The fourth-order valence-electron chi connectivity index (χ4n) is 2.55. The van der Waals surface area contributed by atoms with Crippen LogP contribution in [0.5, 0.6) is 0 Å². The second kappa shape index (κ2) is 8.94. The number of nitrogens with one attached hydrogen (secondary N) is 3. The first-order valence-electron chi connectivity index (χ1n) is 8.55. The van der Waals surface area contributed by atoms with E-state index in [-0.39, 0.29) is 11.0 Å². The van der Waals surface area contributed by atoms with Crippen LogP contribution in [0.15, 0.2) is 60.9 Å². The summed E-state index contributed by atoms with van der Waals surface area (Å²) in [6.07, 6.45) is 4.83. The zero-order valence-electron chi connectivity index (χ0n) is 15.1. The molecule has 0 fully saturated rings. The smallest absolute Gasteiger partial charge is 0.257 e. The van der Waals surface area contributed by atoms with Crippen LogP contribution in [0.1, 0.15) is 15.9 Å². The lowest BCUT2D eigenvalue weighted by Crippen LogP contribution is -2.72. The van der Waals surface area contributed by atoms with Crippen LogP contribution < -0.4 is 16.0 Å². The zero-order chi connectivity index (χ0) is 19.9. The zero-order valence-corrected chi connectivity index (χ0v) is 16.0. The number of allylic oxidation sites excluding steroid dienone is 1. The second-order valence-corrected chi connectivity index (χ2v) is 6.24. The molecule has 7 nitrogen and oxygen atoms in total. The monoisotopic (exact) mass is 391 g/mol. The van der Waals surface area contributed by atoms with Crippen molar-refractivity contribution in [3.63, 3.8) is 0 Å². The second-order valence-electron chi connectivity index (χ2n) is 5.83. The molecule has 1 aromatic carbocycles. The molecule has 28 heavy (non-hydrogen) atoms. The summed E-state index contributed by atoms with van der Waals surface area (Å²) in [5, 5.41) is 15.1. The third-order valence-electron chi connectivity index (χ3n) is 3.88. The molecular formula is C20H19N6OS+. The van der Waals surface area contributed by atoms with E-state index in [4.69, 9.17) is 17.6 Å². The molecule has 2 heterocycles. The first kappa shape index (κ1) is 19.3. The molecule has 0 spiro atoms. The van der Waals surface area contributed by atoms with Gasteiger partial charge in [0, 0.05) is 23.5 Å². The van der Waals surface area contributed by atoms with E-state index in [2.05, 4.69) is 20.6 Å². The quantitative estimate of drug-likeness (QED) is 0.393. The minimum Gasteiger partial charge on any atom is -0.322 e. The van der Waals surface area contributed by atoms with E-state index in [1.54, 1.807) is 36.5 Å². The van der Waals surface area contributed by atoms with Crippen molar-refractivity contribution in [3.05, 3.63) is 72.1 Å². The van der Waals surface area contributed by atoms with E-state index in [0.717, 1.165) is 16.7 Å². The molecule has 0 aliphatic heterocycles. The number of pyridine rings is 2. The van der Waals surface area contributed by atoms with Crippen molar-refractivity contribution in [1.29, 1.82) is 5.41 Å². The van der Waals surface area contributed by atoms with Gasteiger partial charge in [-0.3, -0.25) is 15.1 Å². The van der Waals surface area contributed by atoms with E-state index < -0.39 is 0 Å². The van der Waals surface area contributed by atoms with Crippen molar-refractivity contribution in [2.24, 2.45) is 0 Å². The first-order valence-corrected chi connectivity index (χ1v) is 8.96. The number of anilines is 1. The molecule has 8 heteroatoms. The van der Waals surface area contributed by atoms with Crippen LogP contribution in [0.2, 0.25) is 0 Å². The highest BCUT2D eigenvalue weighted by Crippen LogP contribution is 2.18. The molecule has 3 aromatic rings. The van der Waals surface area contributed by atoms with Crippen molar-refractivity contribution >= 4 is 51.9 Å². The van der Waals surface area contributed by atoms with Crippen molar-refractivity contribution in [2.75, 3.05) is 12.4 Å². The number of carbonyl (C=O) groups excluding carboxylic acids is 1. The highest BCUT2D eigenvalue weighted by molar-refractivity contribution is 7.80. The molecule has 0 radical (unpaired) electrons. The van der Waals surface area contributed by atoms with Gasteiger partial charge >= 0.3 is 0 Å². The number of benzene rings is 1. The molecule has 140 valence electrons. The molecule has 0 saturated heterocycles. The largest absolute Gasteiger partial charge is 0.322 e. The van der Waals surface area contributed by atoms with Crippen molar-refractivity contribution in [3.8, 4) is 0 Å². The normalized spacial score (nSPS) is 11.1. The number of nitrogens with zero attached hydrogens (tertiary/aromatic N) is 2. The average Bonchev–Trinajstić information content (AvgIpc) is 2.72. The molecule has 0 aliphatic rings. The summed E-state index contributed by atoms with van der Waals surface area (Å²) in [7, 11) is 1.89. The fourth-order valence-corrected chi connectivity index (χ4v) is 2.75.